The second kappa shape index (κ2) is 5.42. The van der Waals surface area contributed by atoms with Crippen molar-refractivity contribution < 1.29 is 13.2 Å². The van der Waals surface area contributed by atoms with Crippen LogP contribution >= 0.6 is 11.3 Å². The van der Waals surface area contributed by atoms with Crippen molar-refractivity contribution in [3.8, 4) is 10.6 Å². The number of aromatic nitrogens is 1. The summed E-state index contributed by atoms with van der Waals surface area (Å²) in [5, 5.41) is 3.66. The minimum absolute atomic E-state index is 0.150. The molecule has 6 heteroatoms. The molecule has 0 aliphatic heterocycles. The van der Waals surface area contributed by atoms with Gasteiger partial charge in [0.1, 0.15) is 5.01 Å². The standard InChI is InChI=1S/C15H15F3N2S/c1-19-11-7-4-8-12-13(11)20-14(21-12)9-5-2-3-6-10(9)15(16,17)18/h2-3,5-6,11,19H,4,7-8H2,1H3. The van der Waals surface area contributed by atoms with Crippen LogP contribution in [-0.4, -0.2) is 12.0 Å². The van der Waals surface area contributed by atoms with Crippen LogP contribution < -0.4 is 5.32 Å². The maximum absolute atomic E-state index is 13.1. The maximum Gasteiger partial charge on any atom is 0.417 e. The molecule has 1 aromatic heterocycles. The largest absolute Gasteiger partial charge is 0.417 e. The van der Waals surface area contributed by atoms with Crippen LogP contribution in [0, 0.1) is 0 Å². The molecule has 1 aliphatic carbocycles. The maximum atomic E-state index is 13.1. The number of benzene rings is 1. The molecule has 1 unspecified atom stereocenters. The number of rotatable bonds is 2. The van der Waals surface area contributed by atoms with Crippen LogP contribution in [0.25, 0.3) is 10.6 Å². The quantitative estimate of drug-likeness (QED) is 0.887. The van der Waals surface area contributed by atoms with Gasteiger partial charge in [-0.1, -0.05) is 18.2 Å². The fourth-order valence-electron chi connectivity index (χ4n) is 2.73. The zero-order valence-corrected chi connectivity index (χ0v) is 12.3. The summed E-state index contributed by atoms with van der Waals surface area (Å²) in [5.74, 6) is 0. The van der Waals surface area contributed by atoms with Crippen LogP contribution in [0.3, 0.4) is 0 Å². The van der Waals surface area contributed by atoms with Gasteiger partial charge in [-0.3, -0.25) is 0 Å². The molecule has 0 fully saturated rings. The number of fused-ring (bicyclic) bond motifs is 1. The first-order valence-electron chi connectivity index (χ1n) is 6.84. The molecular formula is C15H15F3N2S. The van der Waals surface area contributed by atoms with Gasteiger partial charge in [-0.05, 0) is 32.4 Å². The molecule has 0 saturated carbocycles. The monoisotopic (exact) mass is 312 g/mol. The van der Waals surface area contributed by atoms with Crippen LogP contribution in [0.15, 0.2) is 24.3 Å². The van der Waals surface area contributed by atoms with Gasteiger partial charge in [0.15, 0.2) is 0 Å². The van der Waals surface area contributed by atoms with Crippen LogP contribution in [0.1, 0.15) is 35.0 Å². The lowest BCUT2D eigenvalue weighted by atomic mass is 9.98. The Hall–Kier alpha value is -1.40. The third-order valence-electron chi connectivity index (χ3n) is 3.77. The molecule has 0 bridgehead atoms. The van der Waals surface area contributed by atoms with Crippen molar-refractivity contribution in [3.05, 3.63) is 40.4 Å². The number of halogens is 3. The molecule has 0 spiro atoms. The topological polar surface area (TPSA) is 24.9 Å². The number of nitrogens with one attached hydrogen (secondary N) is 1. The summed E-state index contributed by atoms with van der Waals surface area (Å²) in [6, 6.07) is 5.81. The fourth-order valence-corrected chi connectivity index (χ4v) is 3.94. The molecular weight excluding hydrogens is 297 g/mol. The van der Waals surface area contributed by atoms with Crippen molar-refractivity contribution in [1.29, 1.82) is 0 Å². The van der Waals surface area contributed by atoms with Crippen molar-refractivity contribution in [3.63, 3.8) is 0 Å². The Kier molecular flexibility index (Phi) is 3.75. The molecule has 0 saturated heterocycles. The highest BCUT2D eigenvalue weighted by molar-refractivity contribution is 7.15. The van der Waals surface area contributed by atoms with E-state index in [2.05, 4.69) is 10.3 Å². The van der Waals surface area contributed by atoms with Gasteiger partial charge in [0.25, 0.3) is 0 Å². The van der Waals surface area contributed by atoms with E-state index in [9.17, 15) is 13.2 Å². The number of aryl methyl sites for hydroxylation is 1. The predicted molar refractivity (Wildman–Crippen MR) is 77.3 cm³/mol. The van der Waals surface area contributed by atoms with E-state index in [0.717, 1.165) is 35.9 Å². The number of thiazole rings is 1. The molecule has 0 amide bonds. The normalized spacial score (nSPS) is 18.6. The summed E-state index contributed by atoms with van der Waals surface area (Å²) >= 11 is 1.39. The van der Waals surface area contributed by atoms with Crippen LogP contribution in [0.2, 0.25) is 0 Å². The molecule has 3 rings (SSSR count). The molecule has 1 atom stereocenters. The van der Waals surface area contributed by atoms with Crippen LogP contribution in [0.5, 0.6) is 0 Å². The summed E-state index contributed by atoms with van der Waals surface area (Å²) in [5.41, 5.74) is 0.483. The lowest BCUT2D eigenvalue weighted by molar-refractivity contribution is -0.137. The molecule has 112 valence electrons. The number of alkyl halides is 3. The molecule has 1 aromatic carbocycles. The van der Waals surface area contributed by atoms with Crippen molar-refractivity contribution in [2.45, 2.75) is 31.5 Å². The Balaban J connectivity index is 2.09. The predicted octanol–water partition coefficient (Wildman–Crippen LogP) is 4.43. The summed E-state index contributed by atoms with van der Waals surface area (Å²) in [6.45, 7) is 0. The average Bonchev–Trinajstić information content (AvgIpc) is 2.90. The first-order chi connectivity index (χ1) is 10.0. The zero-order valence-electron chi connectivity index (χ0n) is 11.5. The van der Waals surface area contributed by atoms with Gasteiger partial charge in [-0.2, -0.15) is 13.2 Å². The van der Waals surface area contributed by atoms with E-state index in [1.807, 2.05) is 7.05 Å². The second-order valence-electron chi connectivity index (χ2n) is 5.10. The number of hydrogen-bond donors (Lipinski definition) is 1. The minimum atomic E-state index is -4.36. The molecule has 0 radical (unpaired) electrons. The fraction of sp³-hybridized carbons (Fsp3) is 0.400. The Morgan fingerprint density at radius 2 is 2.05 bits per heavy atom. The van der Waals surface area contributed by atoms with Crippen LogP contribution in [0.4, 0.5) is 13.2 Å². The van der Waals surface area contributed by atoms with Gasteiger partial charge >= 0.3 is 6.18 Å². The highest BCUT2D eigenvalue weighted by Gasteiger charge is 2.34. The molecule has 1 N–H and O–H groups in total. The van der Waals surface area contributed by atoms with E-state index in [0.29, 0.717) is 5.01 Å². The highest BCUT2D eigenvalue weighted by Crippen LogP contribution is 2.41. The summed E-state index contributed by atoms with van der Waals surface area (Å²) < 4.78 is 39.4. The van der Waals surface area contributed by atoms with E-state index >= 15 is 0 Å². The molecule has 21 heavy (non-hydrogen) atoms. The Morgan fingerprint density at radius 3 is 2.76 bits per heavy atom. The van der Waals surface area contributed by atoms with E-state index < -0.39 is 11.7 Å². The lowest BCUT2D eigenvalue weighted by Gasteiger charge is -2.19. The Labute approximate surface area is 125 Å². The third-order valence-corrected chi connectivity index (χ3v) is 4.93. The SMILES string of the molecule is CNC1CCCc2sc(-c3ccccc3C(F)(F)F)nc21. The lowest BCUT2D eigenvalue weighted by Crippen LogP contribution is -2.21. The van der Waals surface area contributed by atoms with Gasteiger partial charge in [0.05, 0.1) is 17.3 Å². The van der Waals surface area contributed by atoms with Gasteiger partial charge in [-0.15, -0.1) is 11.3 Å². The molecule has 1 heterocycles. The Morgan fingerprint density at radius 1 is 1.29 bits per heavy atom. The van der Waals surface area contributed by atoms with Crippen molar-refractivity contribution in [2.24, 2.45) is 0 Å². The van der Waals surface area contributed by atoms with E-state index in [1.165, 1.54) is 23.5 Å². The first kappa shape index (κ1) is 14.5. The van der Waals surface area contributed by atoms with Crippen LogP contribution in [-0.2, 0) is 12.6 Å². The third kappa shape index (κ3) is 2.70. The second-order valence-corrected chi connectivity index (χ2v) is 6.19. The van der Waals surface area contributed by atoms with E-state index in [4.69, 9.17) is 0 Å². The van der Waals surface area contributed by atoms with Crippen molar-refractivity contribution in [2.75, 3.05) is 7.05 Å². The van der Waals surface area contributed by atoms with Gasteiger partial charge < -0.3 is 5.32 Å². The number of nitrogens with zero attached hydrogens (tertiary/aromatic N) is 1. The molecule has 1 aliphatic rings. The zero-order chi connectivity index (χ0) is 15.0. The molecule has 2 aromatic rings. The van der Waals surface area contributed by atoms with Crippen molar-refractivity contribution >= 4 is 11.3 Å². The van der Waals surface area contributed by atoms with Crippen molar-refractivity contribution in [1.82, 2.24) is 10.3 Å². The number of hydrogen-bond acceptors (Lipinski definition) is 3. The highest BCUT2D eigenvalue weighted by atomic mass is 32.1. The van der Waals surface area contributed by atoms with Gasteiger partial charge in [-0.25, -0.2) is 4.98 Å². The Bertz CT molecular complexity index is 649. The van der Waals surface area contributed by atoms with Gasteiger partial charge in [0, 0.05) is 10.4 Å². The first-order valence-corrected chi connectivity index (χ1v) is 7.66. The van der Waals surface area contributed by atoms with E-state index in [1.54, 1.807) is 6.07 Å². The minimum Gasteiger partial charge on any atom is -0.312 e. The average molecular weight is 312 g/mol. The molecule has 2 nitrogen and oxygen atoms in total. The summed E-state index contributed by atoms with van der Waals surface area (Å²) in [4.78, 5) is 5.61. The summed E-state index contributed by atoms with van der Waals surface area (Å²) in [6.07, 6.45) is -1.43. The summed E-state index contributed by atoms with van der Waals surface area (Å²) in [7, 11) is 1.86. The van der Waals surface area contributed by atoms with Gasteiger partial charge in [0.2, 0.25) is 0 Å². The smallest absolute Gasteiger partial charge is 0.312 e. The van der Waals surface area contributed by atoms with E-state index in [-0.39, 0.29) is 11.6 Å².